The van der Waals surface area contributed by atoms with Crippen LogP contribution in [0.5, 0.6) is 0 Å². The fourth-order valence-electron chi connectivity index (χ4n) is 2.67. The average Bonchev–Trinajstić information content (AvgIpc) is 2.83. The Morgan fingerprint density at radius 2 is 2.43 bits per heavy atom. The second-order valence-electron chi connectivity index (χ2n) is 5.35. The third-order valence-electron chi connectivity index (χ3n) is 3.86. The van der Waals surface area contributed by atoms with Gasteiger partial charge in [0, 0.05) is 24.5 Å². The number of fused-ring (bicyclic) bond motifs is 1. The Morgan fingerprint density at radius 3 is 3.14 bits per heavy atom. The molecule has 3 nitrogen and oxygen atoms in total. The maximum atomic E-state index is 13.6. The molecule has 0 aromatic carbocycles. The summed E-state index contributed by atoms with van der Waals surface area (Å²) in [5, 5.41) is 12.7. The van der Waals surface area contributed by atoms with Crippen molar-refractivity contribution in [3.05, 3.63) is 71.5 Å². The molecule has 1 aliphatic carbocycles. The third-order valence-corrected chi connectivity index (χ3v) is 3.86. The van der Waals surface area contributed by atoms with Crippen LogP contribution in [-0.2, 0) is 0 Å². The molecule has 1 aromatic heterocycles. The first-order valence-electron chi connectivity index (χ1n) is 6.69. The predicted octanol–water partition coefficient (Wildman–Crippen LogP) is 3.27. The van der Waals surface area contributed by atoms with Crippen molar-refractivity contribution in [2.45, 2.75) is 12.5 Å². The fraction of sp³-hybridized carbons (Fsp3) is 0.176. The van der Waals surface area contributed by atoms with Gasteiger partial charge < -0.3 is 5.32 Å². The van der Waals surface area contributed by atoms with Crippen molar-refractivity contribution >= 4 is 6.08 Å². The van der Waals surface area contributed by atoms with E-state index in [1.165, 1.54) is 6.08 Å². The van der Waals surface area contributed by atoms with Gasteiger partial charge >= 0.3 is 0 Å². The summed E-state index contributed by atoms with van der Waals surface area (Å²) >= 11 is 0. The van der Waals surface area contributed by atoms with E-state index in [-0.39, 0.29) is 17.3 Å². The second kappa shape index (κ2) is 5.02. The zero-order chi connectivity index (χ0) is 14.9. The number of hydrogen-bond donors (Lipinski definition) is 1. The topological polar surface area (TPSA) is 48.7 Å². The minimum Gasteiger partial charge on any atom is -0.381 e. The summed E-state index contributed by atoms with van der Waals surface area (Å²) in [5.41, 5.74) is 1.78. The van der Waals surface area contributed by atoms with Crippen molar-refractivity contribution in [2.24, 2.45) is 5.92 Å². The first-order chi connectivity index (χ1) is 10.1. The summed E-state index contributed by atoms with van der Waals surface area (Å²) in [6.45, 7) is 1.99. The maximum absolute atomic E-state index is 13.6. The third kappa shape index (κ3) is 2.38. The number of nitrogens with zero attached hydrogens (tertiary/aromatic N) is 2. The van der Waals surface area contributed by atoms with Crippen LogP contribution >= 0.6 is 0 Å². The van der Waals surface area contributed by atoms with Crippen LogP contribution in [0.2, 0.25) is 0 Å². The average molecular weight is 279 g/mol. The normalized spacial score (nSPS) is 27.3. The summed E-state index contributed by atoms with van der Waals surface area (Å²) in [6.07, 6.45) is 11.8. The van der Waals surface area contributed by atoms with Gasteiger partial charge in [-0.3, -0.25) is 4.98 Å². The van der Waals surface area contributed by atoms with Crippen LogP contribution in [0.3, 0.4) is 0 Å². The number of hydrogen-bond acceptors (Lipinski definition) is 3. The lowest BCUT2D eigenvalue weighted by Gasteiger charge is -2.31. The van der Waals surface area contributed by atoms with Crippen LogP contribution in [0.25, 0.3) is 6.08 Å². The van der Waals surface area contributed by atoms with Gasteiger partial charge in [-0.25, -0.2) is 4.39 Å². The van der Waals surface area contributed by atoms with Gasteiger partial charge in [-0.05, 0) is 42.4 Å². The zero-order valence-electron chi connectivity index (χ0n) is 11.5. The number of aromatic nitrogens is 1. The molecule has 0 spiro atoms. The highest BCUT2D eigenvalue weighted by molar-refractivity contribution is 5.66. The number of nitriles is 1. The van der Waals surface area contributed by atoms with E-state index in [1.807, 2.05) is 19.1 Å². The molecule has 0 radical (unpaired) electrons. The van der Waals surface area contributed by atoms with E-state index in [2.05, 4.69) is 16.4 Å². The van der Waals surface area contributed by atoms with E-state index in [9.17, 15) is 9.65 Å². The van der Waals surface area contributed by atoms with Gasteiger partial charge in [0.05, 0.1) is 17.2 Å². The Bertz CT molecular complexity index is 722. The highest BCUT2D eigenvalue weighted by atomic mass is 19.1. The molecular formula is C17H14FN3. The molecule has 104 valence electrons. The highest BCUT2D eigenvalue weighted by Gasteiger charge is 2.40. The Labute approximate surface area is 122 Å². The molecule has 3 rings (SSSR count). The van der Waals surface area contributed by atoms with Crippen molar-refractivity contribution < 1.29 is 4.39 Å². The lowest BCUT2D eigenvalue weighted by atomic mass is 9.78. The Morgan fingerprint density at radius 1 is 1.57 bits per heavy atom. The van der Waals surface area contributed by atoms with Gasteiger partial charge in [0.15, 0.2) is 0 Å². The molecule has 1 aromatic rings. The molecule has 2 atom stereocenters. The molecule has 1 N–H and O–H groups in total. The molecular weight excluding hydrogens is 265 g/mol. The van der Waals surface area contributed by atoms with Gasteiger partial charge in [-0.15, -0.1) is 0 Å². The van der Waals surface area contributed by atoms with Gasteiger partial charge in [0.1, 0.15) is 5.83 Å². The monoisotopic (exact) mass is 279 g/mol. The lowest BCUT2D eigenvalue weighted by molar-refractivity contribution is 0.438. The van der Waals surface area contributed by atoms with E-state index in [0.29, 0.717) is 5.57 Å². The summed E-state index contributed by atoms with van der Waals surface area (Å²) < 4.78 is 13.6. The molecule has 0 saturated carbocycles. The van der Waals surface area contributed by atoms with Crippen LogP contribution in [0.1, 0.15) is 12.5 Å². The Kier molecular flexibility index (Phi) is 3.19. The first-order valence-corrected chi connectivity index (χ1v) is 6.69. The molecule has 21 heavy (non-hydrogen) atoms. The van der Waals surface area contributed by atoms with E-state index in [4.69, 9.17) is 0 Å². The first kappa shape index (κ1) is 13.3. The molecule has 2 heterocycles. The summed E-state index contributed by atoms with van der Waals surface area (Å²) in [7, 11) is 0. The van der Waals surface area contributed by atoms with E-state index < -0.39 is 0 Å². The fourth-order valence-corrected chi connectivity index (χ4v) is 2.67. The maximum Gasteiger partial charge on any atom is 0.119 e. The van der Waals surface area contributed by atoms with E-state index in [1.54, 1.807) is 36.8 Å². The highest BCUT2D eigenvalue weighted by Crippen LogP contribution is 2.40. The molecule has 0 amide bonds. The summed E-state index contributed by atoms with van der Waals surface area (Å²) in [6, 6.07) is 5.90. The van der Waals surface area contributed by atoms with Crippen LogP contribution < -0.4 is 5.32 Å². The SMILES string of the molecule is CC12C=CC(F)=CC1C(/C(C#N)=C/c1cccnc1)=CN2. The minimum absolute atomic E-state index is 0.190. The standard InChI is InChI=1S/C17H14FN3/c1-17-5-4-14(18)8-16(17)15(11-21-17)13(9-19)7-12-3-2-6-20-10-12/h2-8,10-11,16,21H,1H3/b13-7+. The number of pyridine rings is 1. The summed E-state index contributed by atoms with van der Waals surface area (Å²) in [4.78, 5) is 4.03. The van der Waals surface area contributed by atoms with Crippen LogP contribution in [0, 0.1) is 17.2 Å². The lowest BCUT2D eigenvalue weighted by Crippen LogP contribution is -2.40. The van der Waals surface area contributed by atoms with Crippen molar-refractivity contribution in [2.75, 3.05) is 0 Å². The molecule has 1 aliphatic heterocycles. The number of nitrogens with one attached hydrogen (secondary N) is 1. The molecule has 0 fully saturated rings. The van der Waals surface area contributed by atoms with Gasteiger partial charge in [-0.1, -0.05) is 12.1 Å². The van der Waals surface area contributed by atoms with Crippen LogP contribution in [0.4, 0.5) is 4.39 Å². The Balaban J connectivity index is 1.98. The quantitative estimate of drug-likeness (QED) is 0.845. The second-order valence-corrected chi connectivity index (χ2v) is 5.35. The van der Waals surface area contributed by atoms with Gasteiger partial charge in [0.2, 0.25) is 0 Å². The minimum atomic E-state index is -0.379. The van der Waals surface area contributed by atoms with Crippen molar-refractivity contribution in [3.8, 4) is 6.07 Å². The molecule has 0 bridgehead atoms. The predicted molar refractivity (Wildman–Crippen MR) is 79.3 cm³/mol. The van der Waals surface area contributed by atoms with Gasteiger partial charge in [-0.2, -0.15) is 5.26 Å². The van der Waals surface area contributed by atoms with Crippen molar-refractivity contribution in [1.29, 1.82) is 5.26 Å². The number of halogens is 1. The number of allylic oxidation sites excluding steroid dienone is 3. The molecule has 4 heteroatoms. The van der Waals surface area contributed by atoms with Crippen LogP contribution in [-0.4, -0.2) is 10.5 Å². The Hall–Kier alpha value is -2.67. The zero-order valence-corrected chi connectivity index (χ0v) is 11.5. The molecule has 0 saturated heterocycles. The van der Waals surface area contributed by atoms with Gasteiger partial charge in [0.25, 0.3) is 0 Å². The summed E-state index contributed by atoms with van der Waals surface area (Å²) in [5.74, 6) is -0.462. The molecule has 2 unspecified atom stereocenters. The smallest absolute Gasteiger partial charge is 0.119 e. The van der Waals surface area contributed by atoms with E-state index >= 15 is 0 Å². The van der Waals surface area contributed by atoms with Crippen molar-refractivity contribution in [3.63, 3.8) is 0 Å². The van der Waals surface area contributed by atoms with E-state index in [0.717, 1.165) is 11.1 Å². The van der Waals surface area contributed by atoms with Crippen LogP contribution in [0.15, 0.2) is 65.9 Å². The largest absolute Gasteiger partial charge is 0.381 e. The van der Waals surface area contributed by atoms with Crippen molar-refractivity contribution in [1.82, 2.24) is 10.3 Å². The molecule has 2 aliphatic rings. The number of rotatable bonds is 2.